The topological polar surface area (TPSA) is 115 Å². The van der Waals surface area contributed by atoms with Crippen LogP contribution < -0.4 is 10.5 Å². The Morgan fingerprint density at radius 3 is 2.63 bits per heavy atom. The quantitative estimate of drug-likeness (QED) is 0.175. The van der Waals surface area contributed by atoms with E-state index in [1.807, 2.05) is 31.2 Å². The minimum absolute atomic E-state index is 0.200. The van der Waals surface area contributed by atoms with Crippen LogP contribution in [-0.2, 0) is 32.2 Å². The van der Waals surface area contributed by atoms with Crippen molar-refractivity contribution >= 4 is 40.0 Å². The summed E-state index contributed by atoms with van der Waals surface area (Å²) in [5, 5.41) is 11.4. The van der Waals surface area contributed by atoms with Crippen LogP contribution in [0.15, 0.2) is 52.4 Å². The van der Waals surface area contributed by atoms with Crippen molar-refractivity contribution in [2.24, 2.45) is 11.8 Å². The molecular weight excluding hydrogens is 540 g/mol. The first-order chi connectivity index (χ1) is 19.8. The monoisotopic (exact) mass is 568 g/mol. The van der Waals surface area contributed by atoms with Crippen molar-refractivity contribution in [2.75, 3.05) is 17.8 Å². The zero-order valence-electron chi connectivity index (χ0n) is 22.8. The van der Waals surface area contributed by atoms with E-state index in [1.165, 1.54) is 29.8 Å². The Labute approximate surface area is 241 Å². The van der Waals surface area contributed by atoms with Crippen molar-refractivity contribution in [1.82, 2.24) is 9.55 Å². The summed E-state index contributed by atoms with van der Waals surface area (Å²) in [7, 11) is 1.54. The van der Waals surface area contributed by atoms with Gasteiger partial charge in [0.15, 0.2) is 5.16 Å². The van der Waals surface area contributed by atoms with Crippen LogP contribution in [0.5, 0.6) is 0 Å². The zero-order valence-corrected chi connectivity index (χ0v) is 23.6. The largest absolute Gasteiger partial charge is 0.378 e. The number of benzene rings is 2. The van der Waals surface area contributed by atoms with Crippen molar-refractivity contribution < 1.29 is 19.1 Å². The van der Waals surface area contributed by atoms with Crippen LogP contribution in [0.3, 0.4) is 0 Å². The molecule has 0 saturated carbocycles. The number of nitriles is 1. The highest BCUT2D eigenvalue weighted by atomic mass is 32.2. The number of methoxy groups -OCH3 is 1. The number of amides is 2. The maximum absolute atomic E-state index is 14.2. The molecule has 3 aromatic rings. The molecule has 2 amide bonds. The van der Waals surface area contributed by atoms with Crippen molar-refractivity contribution in [3.05, 3.63) is 64.1 Å². The molecule has 9 nitrogen and oxygen atoms in total. The van der Waals surface area contributed by atoms with Gasteiger partial charge in [0.1, 0.15) is 0 Å². The van der Waals surface area contributed by atoms with Gasteiger partial charge in [0.05, 0.1) is 58.4 Å². The molecule has 2 aromatic carbocycles. The number of thioether (sulfide) groups is 1. The van der Waals surface area contributed by atoms with Crippen molar-refractivity contribution in [2.45, 2.75) is 55.7 Å². The van der Waals surface area contributed by atoms with Crippen LogP contribution in [0.4, 0.5) is 5.69 Å². The van der Waals surface area contributed by atoms with Gasteiger partial charge in [-0.3, -0.25) is 19.0 Å². The molecular formula is C31H28N4O5S. The second-order valence-electron chi connectivity index (χ2n) is 10.9. The van der Waals surface area contributed by atoms with E-state index in [-0.39, 0.29) is 30.5 Å². The molecule has 1 aromatic heterocycles. The SMILES string of the molecule is C#CCSc1nc(COC)cc(=O)n1CCC12CCC(C)(O1)C1C(=O)N(c3ccc(C#N)c4ccccc34)C(=O)C12. The third-order valence-electron chi connectivity index (χ3n) is 8.64. The number of ether oxygens (including phenoxy) is 2. The molecule has 208 valence electrons. The molecule has 10 heteroatoms. The fourth-order valence-electron chi connectivity index (χ4n) is 6.90. The summed E-state index contributed by atoms with van der Waals surface area (Å²) in [6, 6.07) is 14.3. The molecule has 4 heterocycles. The first-order valence-electron chi connectivity index (χ1n) is 13.4. The average molecular weight is 569 g/mol. The van der Waals surface area contributed by atoms with Gasteiger partial charge in [0.2, 0.25) is 11.8 Å². The van der Waals surface area contributed by atoms with Crippen LogP contribution >= 0.6 is 11.8 Å². The number of hydrogen-bond acceptors (Lipinski definition) is 8. The molecule has 3 aliphatic heterocycles. The van der Waals surface area contributed by atoms with E-state index in [9.17, 15) is 19.6 Å². The highest BCUT2D eigenvalue weighted by molar-refractivity contribution is 7.99. The molecule has 41 heavy (non-hydrogen) atoms. The van der Waals surface area contributed by atoms with Crippen LogP contribution in [-0.4, -0.2) is 45.4 Å². The van der Waals surface area contributed by atoms with Gasteiger partial charge in [-0.1, -0.05) is 41.9 Å². The van der Waals surface area contributed by atoms with Crippen molar-refractivity contribution in [3.63, 3.8) is 0 Å². The fraction of sp³-hybridized carbons (Fsp3) is 0.387. The number of rotatable bonds is 8. The summed E-state index contributed by atoms with van der Waals surface area (Å²) < 4.78 is 13.3. The molecule has 4 unspecified atom stereocenters. The smallest absolute Gasteiger partial charge is 0.254 e. The Bertz CT molecular complexity index is 1740. The molecule has 2 bridgehead atoms. The fourth-order valence-corrected chi connectivity index (χ4v) is 7.63. The van der Waals surface area contributed by atoms with Gasteiger partial charge in [-0.05, 0) is 38.3 Å². The van der Waals surface area contributed by atoms with E-state index in [4.69, 9.17) is 15.9 Å². The Morgan fingerprint density at radius 1 is 1.15 bits per heavy atom. The second-order valence-corrected chi connectivity index (χ2v) is 11.9. The van der Waals surface area contributed by atoms with Crippen molar-refractivity contribution in [3.8, 4) is 18.4 Å². The zero-order chi connectivity index (χ0) is 28.9. The van der Waals surface area contributed by atoms with Gasteiger partial charge >= 0.3 is 0 Å². The maximum Gasteiger partial charge on any atom is 0.254 e. The van der Waals surface area contributed by atoms with E-state index in [0.717, 1.165) is 0 Å². The maximum atomic E-state index is 14.2. The van der Waals surface area contributed by atoms with E-state index in [1.54, 1.807) is 16.7 Å². The third-order valence-corrected chi connectivity index (χ3v) is 9.52. The molecule has 3 aliphatic rings. The van der Waals surface area contributed by atoms with Crippen LogP contribution in [0.25, 0.3) is 10.8 Å². The van der Waals surface area contributed by atoms with Gasteiger partial charge in [-0.15, -0.1) is 6.42 Å². The highest BCUT2D eigenvalue weighted by Crippen LogP contribution is 2.62. The van der Waals surface area contributed by atoms with Crippen molar-refractivity contribution in [1.29, 1.82) is 5.26 Å². The summed E-state index contributed by atoms with van der Waals surface area (Å²) in [5.41, 5.74) is -0.464. The molecule has 3 fully saturated rings. The van der Waals surface area contributed by atoms with Crippen LogP contribution in [0.1, 0.15) is 37.4 Å². The van der Waals surface area contributed by atoms with Crippen LogP contribution in [0, 0.1) is 35.5 Å². The molecule has 0 radical (unpaired) electrons. The lowest BCUT2D eigenvalue weighted by atomic mass is 9.67. The number of nitrogens with zero attached hydrogens (tertiary/aromatic N) is 4. The standard InChI is InChI=1S/C31H28N4O5S/c1-4-15-41-29-33-20(18-39-3)16-24(36)34(29)14-13-31-12-11-30(2,40-31)25-26(31)28(38)35(27(25)37)23-10-9-19(17-32)21-7-5-6-8-22(21)23/h1,5-10,16,25-26H,11-15,18H2,2-3H3. The molecule has 0 N–H and O–H groups in total. The number of hydrogen-bond donors (Lipinski definition) is 0. The summed E-state index contributed by atoms with van der Waals surface area (Å²) in [6.07, 6.45) is 7.07. The summed E-state index contributed by atoms with van der Waals surface area (Å²) in [6.45, 7) is 2.37. The van der Waals surface area contributed by atoms with Gasteiger partial charge in [0, 0.05) is 30.5 Å². The van der Waals surface area contributed by atoms with Gasteiger partial charge in [-0.2, -0.15) is 5.26 Å². The number of fused-ring (bicyclic) bond motifs is 6. The van der Waals surface area contributed by atoms with Gasteiger partial charge < -0.3 is 9.47 Å². The number of carbonyl (C=O) groups is 2. The van der Waals surface area contributed by atoms with Gasteiger partial charge in [-0.25, -0.2) is 9.88 Å². The number of carbonyl (C=O) groups excluding carboxylic acids is 2. The molecule has 0 aliphatic carbocycles. The normalized spacial score (nSPS) is 26.4. The Hall–Kier alpha value is -3.96. The number of imide groups is 1. The number of aromatic nitrogens is 2. The minimum atomic E-state index is -0.901. The van der Waals surface area contributed by atoms with E-state index in [0.29, 0.717) is 57.9 Å². The highest BCUT2D eigenvalue weighted by Gasteiger charge is 2.73. The minimum Gasteiger partial charge on any atom is -0.378 e. The Balaban J connectivity index is 1.36. The van der Waals surface area contributed by atoms with Crippen LogP contribution in [0.2, 0.25) is 0 Å². The lowest BCUT2D eigenvalue weighted by Gasteiger charge is -2.31. The summed E-state index contributed by atoms with van der Waals surface area (Å²) >= 11 is 1.29. The lowest BCUT2D eigenvalue weighted by molar-refractivity contribution is -0.130. The second kappa shape index (κ2) is 10.1. The first kappa shape index (κ1) is 27.2. The number of anilines is 1. The predicted molar refractivity (Wildman–Crippen MR) is 153 cm³/mol. The average Bonchev–Trinajstić information content (AvgIpc) is 3.55. The predicted octanol–water partition coefficient (Wildman–Crippen LogP) is 3.66. The number of terminal acetylenes is 1. The van der Waals surface area contributed by atoms with E-state index < -0.39 is 23.0 Å². The lowest BCUT2D eigenvalue weighted by Crippen LogP contribution is -2.43. The first-order valence-corrected chi connectivity index (χ1v) is 14.4. The molecule has 6 rings (SSSR count). The Kier molecular flexibility index (Phi) is 6.74. The summed E-state index contributed by atoms with van der Waals surface area (Å²) in [5.74, 6) is 1.01. The third kappa shape index (κ3) is 4.17. The molecule has 4 atom stereocenters. The molecule has 3 saturated heterocycles. The van der Waals surface area contributed by atoms with E-state index in [2.05, 4.69) is 17.0 Å². The van der Waals surface area contributed by atoms with E-state index >= 15 is 0 Å². The van der Waals surface area contributed by atoms with Gasteiger partial charge in [0.25, 0.3) is 5.56 Å². The summed E-state index contributed by atoms with van der Waals surface area (Å²) in [4.78, 5) is 47.2. The molecule has 0 spiro atoms. The Morgan fingerprint density at radius 2 is 1.90 bits per heavy atom.